The van der Waals surface area contributed by atoms with E-state index in [1.807, 2.05) is 31.4 Å². The van der Waals surface area contributed by atoms with Crippen LogP contribution in [0.5, 0.6) is 5.75 Å². The van der Waals surface area contributed by atoms with E-state index in [4.69, 9.17) is 9.72 Å². The molecule has 0 saturated carbocycles. The lowest BCUT2D eigenvalue weighted by Gasteiger charge is -2.40. The van der Waals surface area contributed by atoms with E-state index in [9.17, 15) is 4.57 Å². The molecule has 2 aromatic carbocycles. The summed E-state index contributed by atoms with van der Waals surface area (Å²) in [5, 5.41) is 11.4. The molecule has 2 N–H and O–H groups in total. The Morgan fingerprint density at radius 1 is 1.04 bits per heavy atom. The number of rotatable bonds is 8. The summed E-state index contributed by atoms with van der Waals surface area (Å²) in [7, 11) is 0.486. The largest absolute Gasteiger partial charge is 0.492 e. The molecule has 0 atom stereocenters. The van der Waals surface area contributed by atoms with E-state index in [1.165, 1.54) is 7.11 Å². The number of nitrogens with zero attached hydrogens (tertiary/aromatic N) is 7. The minimum atomic E-state index is -2.81. The highest BCUT2D eigenvalue weighted by Crippen LogP contribution is 2.46. The summed E-state index contributed by atoms with van der Waals surface area (Å²) in [6, 6.07) is 5.50. The maximum Gasteiger partial charge on any atom is 0.229 e. The number of hydrogen-bond donors (Lipinski definition) is 2. The number of halogens is 2. The van der Waals surface area contributed by atoms with Gasteiger partial charge in [0.25, 0.3) is 0 Å². The average Bonchev–Trinajstić information content (AvgIpc) is 3.47. The highest BCUT2D eigenvalue weighted by atomic mass is 79.9. The van der Waals surface area contributed by atoms with E-state index in [0.29, 0.717) is 55.2 Å². The first-order valence-corrected chi connectivity index (χ1v) is 19.1. The number of ether oxygens (including phenoxy) is 1. The van der Waals surface area contributed by atoms with Crippen molar-refractivity contribution in [3.05, 3.63) is 59.5 Å². The van der Waals surface area contributed by atoms with Crippen LogP contribution in [0.25, 0.3) is 22.2 Å². The minimum absolute atomic E-state index is 0.0601. The van der Waals surface area contributed by atoms with Gasteiger partial charge in [0, 0.05) is 56.1 Å². The fraction of sp³-hybridized carbons (Fsp3) is 0.382. The number of methoxy groups -OCH3 is 1. The third-order valence-corrected chi connectivity index (χ3v) is 11.0. The summed E-state index contributed by atoms with van der Waals surface area (Å²) in [4.78, 5) is 20.1. The first-order chi connectivity index (χ1) is 22.7. The number of hydrogen-bond acceptors (Lipinski definition) is 10. The first kappa shape index (κ1) is 33.8. The van der Waals surface area contributed by atoms with Crippen molar-refractivity contribution < 1.29 is 13.7 Å². The van der Waals surface area contributed by atoms with Gasteiger partial charge in [-0.2, -0.15) is 10.1 Å². The summed E-state index contributed by atoms with van der Waals surface area (Å²) in [5.41, 5.74) is 4.32. The van der Waals surface area contributed by atoms with Gasteiger partial charge in [-0.15, -0.1) is 0 Å². The number of aryl methyl sites for hydroxylation is 1. The van der Waals surface area contributed by atoms with Crippen molar-refractivity contribution in [3.63, 3.8) is 0 Å². The van der Waals surface area contributed by atoms with Crippen LogP contribution in [-0.4, -0.2) is 63.2 Å². The van der Waals surface area contributed by atoms with Gasteiger partial charge in [0.15, 0.2) is 11.6 Å². The molecule has 0 amide bonds. The van der Waals surface area contributed by atoms with Gasteiger partial charge in [0.05, 0.1) is 45.7 Å². The monoisotopic (exact) mass is 735 g/mol. The van der Waals surface area contributed by atoms with E-state index >= 15 is 4.39 Å². The molecule has 1 fully saturated rings. The Morgan fingerprint density at radius 3 is 2.42 bits per heavy atom. The van der Waals surface area contributed by atoms with E-state index in [2.05, 4.69) is 72.3 Å². The van der Waals surface area contributed by atoms with Gasteiger partial charge in [-0.05, 0) is 71.6 Å². The molecular weight excluding hydrogens is 696 g/mol. The van der Waals surface area contributed by atoms with Gasteiger partial charge >= 0.3 is 0 Å². The molecule has 0 bridgehead atoms. The molecule has 0 unspecified atom stereocenters. The molecule has 252 valence electrons. The first-order valence-electron chi connectivity index (χ1n) is 15.7. The molecule has 6 rings (SSSR count). The molecule has 14 heteroatoms. The molecule has 1 saturated heterocycles. The Hall–Kier alpha value is -4.09. The Morgan fingerprint density at radius 2 is 1.77 bits per heavy atom. The molecular formula is C34H40BrFN9O2P. The number of fused-ring (bicyclic) bond motifs is 1. The standard InChI is InChI=1S/C34H40BrFN9O2P/c1-34(2,3)21-10-14-45(15-11-21)29-22(20-17-40-44(4)19-20)16-26(30(47-5)27(29)36)42-33-39-18-23(35)32(43-33)41-25-9-8-24-28(38-13-12-37-24)31(25)48(6,7)46/h8-9,12-13,16-19,21H,10-11,14-15H2,1-7H3,(H2,39,41,42,43). The van der Waals surface area contributed by atoms with Gasteiger partial charge in [0.1, 0.15) is 18.5 Å². The molecule has 0 aliphatic carbocycles. The van der Waals surface area contributed by atoms with Crippen molar-refractivity contribution >= 4 is 68.2 Å². The van der Waals surface area contributed by atoms with Crippen LogP contribution >= 0.6 is 23.1 Å². The van der Waals surface area contributed by atoms with Crippen molar-refractivity contribution in [1.82, 2.24) is 29.7 Å². The second-order valence-corrected chi connectivity index (χ2v) is 17.6. The third kappa shape index (κ3) is 6.75. The summed E-state index contributed by atoms with van der Waals surface area (Å²) < 4.78 is 38.1. The maximum absolute atomic E-state index is 16.7. The van der Waals surface area contributed by atoms with Crippen LogP contribution in [0, 0.1) is 17.2 Å². The fourth-order valence-electron chi connectivity index (χ4n) is 6.40. The summed E-state index contributed by atoms with van der Waals surface area (Å²) >= 11 is 3.54. The lowest BCUT2D eigenvalue weighted by molar-refractivity contribution is 0.198. The van der Waals surface area contributed by atoms with Crippen LogP contribution in [0.2, 0.25) is 0 Å². The van der Waals surface area contributed by atoms with Crippen molar-refractivity contribution in [2.75, 3.05) is 49.1 Å². The van der Waals surface area contributed by atoms with Crippen molar-refractivity contribution in [2.45, 2.75) is 33.6 Å². The lowest BCUT2D eigenvalue weighted by Crippen LogP contribution is -2.38. The van der Waals surface area contributed by atoms with Crippen molar-refractivity contribution in [1.29, 1.82) is 0 Å². The Labute approximate surface area is 288 Å². The molecule has 3 aromatic heterocycles. The summed E-state index contributed by atoms with van der Waals surface area (Å²) in [5.74, 6) is 0.766. The SMILES string of the molecule is COc1c(Nc2ncc(Br)c(Nc3ccc4nccnc4c3P(C)(C)=O)n2)cc(-c2cnn(C)c2)c(N2CCC(C(C)(C)C)CC2)c1F. The normalized spacial score (nSPS) is 14.4. The predicted molar refractivity (Wildman–Crippen MR) is 194 cm³/mol. The fourth-order valence-corrected chi connectivity index (χ4v) is 8.09. The van der Waals surface area contributed by atoms with E-state index in [0.717, 1.165) is 31.5 Å². The van der Waals surface area contributed by atoms with Gasteiger partial charge in [0.2, 0.25) is 5.95 Å². The number of anilines is 5. The number of aromatic nitrogens is 6. The minimum Gasteiger partial charge on any atom is -0.492 e. The smallest absolute Gasteiger partial charge is 0.229 e. The Balaban J connectivity index is 1.38. The van der Waals surface area contributed by atoms with Gasteiger partial charge < -0.3 is 24.8 Å². The van der Waals surface area contributed by atoms with E-state index in [-0.39, 0.29) is 17.1 Å². The molecule has 11 nitrogen and oxygen atoms in total. The highest BCUT2D eigenvalue weighted by Gasteiger charge is 2.32. The zero-order valence-electron chi connectivity index (χ0n) is 28.2. The summed E-state index contributed by atoms with van der Waals surface area (Å²) in [6.07, 6.45) is 10.3. The topological polar surface area (TPSA) is 123 Å². The molecule has 1 aliphatic rings. The lowest BCUT2D eigenvalue weighted by atomic mass is 9.75. The van der Waals surface area contributed by atoms with Crippen LogP contribution < -0.4 is 25.6 Å². The van der Waals surface area contributed by atoms with Gasteiger partial charge in [-0.1, -0.05) is 20.8 Å². The molecule has 1 aliphatic heterocycles. The number of piperidine rings is 1. The average molecular weight is 737 g/mol. The zero-order valence-corrected chi connectivity index (χ0v) is 30.7. The van der Waals surface area contributed by atoms with Crippen LogP contribution in [0.1, 0.15) is 33.6 Å². The zero-order chi connectivity index (χ0) is 34.4. The number of benzene rings is 2. The van der Waals surface area contributed by atoms with Crippen LogP contribution in [0.15, 0.2) is 53.7 Å². The second kappa shape index (κ2) is 13.1. The van der Waals surface area contributed by atoms with Crippen molar-refractivity contribution in [3.8, 4) is 16.9 Å². The molecule has 5 aromatic rings. The second-order valence-electron chi connectivity index (χ2n) is 13.6. The quantitative estimate of drug-likeness (QED) is 0.153. The number of nitrogens with one attached hydrogen (secondary N) is 2. The Bertz CT molecular complexity index is 2030. The van der Waals surface area contributed by atoms with Gasteiger partial charge in [-0.25, -0.2) is 9.37 Å². The highest BCUT2D eigenvalue weighted by molar-refractivity contribution is 9.10. The van der Waals surface area contributed by atoms with E-state index < -0.39 is 13.0 Å². The maximum atomic E-state index is 16.7. The molecule has 0 spiro atoms. The molecule has 0 radical (unpaired) electrons. The van der Waals surface area contributed by atoms with Crippen LogP contribution in [0.3, 0.4) is 0 Å². The van der Waals surface area contributed by atoms with E-state index in [1.54, 1.807) is 42.8 Å². The van der Waals surface area contributed by atoms with Gasteiger partial charge in [-0.3, -0.25) is 14.6 Å². The summed E-state index contributed by atoms with van der Waals surface area (Å²) in [6.45, 7) is 11.7. The molecule has 4 heterocycles. The van der Waals surface area contributed by atoms with Crippen LogP contribution in [0.4, 0.5) is 33.2 Å². The third-order valence-electron chi connectivity index (χ3n) is 8.85. The van der Waals surface area contributed by atoms with Crippen molar-refractivity contribution in [2.24, 2.45) is 18.4 Å². The van der Waals surface area contributed by atoms with Crippen LogP contribution in [-0.2, 0) is 11.6 Å². The molecule has 48 heavy (non-hydrogen) atoms. The Kier molecular flexibility index (Phi) is 9.21. The predicted octanol–water partition coefficient (Wildman–Crippen LogP) is 7.73.